The summed E-state index contributed by atoms with van der Waals surface area (Å²) in [5.74, 6) is 1.32. The zero-order valence-corrected chi connectivity index (χ0v) is 20.1. The largest absolute Gasteiger partial charge is 0.496 e. The van der Waals surface area contributed by atoms with E-state index in [9.17, 15) is 9.59 Å². The van der Waals surface area contributed by atoms with Gasteiger partial charge in [-0.1, -0.05) is 31.0 Å². The van der Waals surface area contributed by atoms with Gasteiger partial charge in [0.2, 0.25) is 5.91 Å². The van der Waals surface area contributed by atoms with Crippen molar-refractivity contribution in [3.63, 3.8) is 0 Å². The van der Waals surface area contributed by atoms with Gasteiger partial charge >= 0.3 is 0 Å². The van der Waals surface area contributed by atoms with Gasteiger partial charge in [-0.2, -0.15) is 0 Å². The van der Waals surface area contributed by atoms with Crippen LogP contribution < -0.4 is 4.74 Å². The lowest BCUT2D eigenvalue weighted by molar-refractivity contribution is -0.139. The van der Waals surface area contributed by atoms with Crippen LogP contribution in [0.4, 0.5) is 0 Å². The van der Waals surface area contributed by atoms with E-state index < -0.39 is 0 Å². The summed E-state index contributed by atoms with van der Waals surface area (Å²) in [7, 11) is 1.68. The predicted octanol–water partition coefficient (Wildman–Crippen LogP) is 4.62. The molecule has 1 saturated carbocycles. The summed E-state index contributed by atoms with van der Waals surface area (Å²) < 4.78 is 7.66. The molecular weight excluding hydrogens is 434 g/mol. The summed E-state index contributed by atoms with van der Waals surface area (Å²) >= 11 is 1.65. The van der Waals surface area contributed by atoms with Gasteiger partial charge in [-0.3, -0.25) is 9.59 Å². The lowest BCUT2D eigenvalue weighted by Crippen LogP contribution is -2.56. The van der Waals surface area contributed by atoms with E-state index in [0.717, 1.165) is 47.2 Å². The van der Waals surface area contributed by atoms with Gasteiger partial charge in [0.15, 0.2) is 0 Å². The SMILES string of the molecule is COc1ccccc1Cn1c(C(=O)N2CCN(C(=O)C3CCCC3)C(C)C2)cc2ccsc21. The van der Waals surface area contributed by atoms with Gasteiger partial charge in [0, 0.05) is 42.5 Å². The van der Waals surface area contributed by atoms with E-state index in [1.807, 2.05) is 40.1 Å². The Bertz CT molecular complexity index is 1160. The molecule has 1 unspecified atom stereocenters. The molecule has 1 aliphatic heterocycles. The molecule has 2 fully saturated rings. The maximum absolute atomic E-state index is 13.7. The number of hydrogen-bond acceptors (Lipinski definition) is 4. The smallest absolute Gasteiger partial charge is 0.270 e. The molecule has 0 bridgehead atoms. The van der Waals surface area contributed by atoms with E-state index in [1.54, 1.807) is 18.4 Å². The molecule has 1 atom stereocenters. The molecule has 1 aromatic carbocycles. The number of methoxy groups -OCH3 is 1. The van der Waals surface area contributed by atoms with Crippen molar-refractivity contribution in [1.29, 1.82) is 0 Å². The average molecular weight is 466 g/mol. The van der Waals surface area contributed by atoms with Gasteiger partial charge < -0.3 is 19.1 Å². The van der Waals surface area contributed by atoms with Crippen molar-refractivity contribution < 1.29 is 14.3 Å². The van der Waals surface area contributed by atoms with Crippen molar-refractivity contribution in [2.75, 3.05) is 26.7 Å². The van der Waals surface area contributed by atoms with E-state index in [4.69, 9.17) is 4.74 Å². The number of amides is 2. The second-order valence-electron chi connectivity index (χ2n) is 9.22. The van der Waals surface area contributed by atoms with E-state index in [2.05, 4.69) is 22.9 Å². The quantitative estimate of drug-likeness (QED) is 0.552. The maximum atomic E-state index is 13.7. The highest BCUT2D eigenvalue weighted by atomic mass is 32.1. The van der Waals surface area contributed by atoms with Crippen LogP contribution in [0.25, 0.3) is 10.2 Å². The van der Waals surface area contributed by atoms with Crippen molar-refractivity contribution in [3.05, 3.63) is 53.0 Å². The lowest BCUT2D eigenvalue weighted by Gasteiger charge is -2.41. The highest BCUT2D eigenvalue weighted by Gasteiger charge is 2.35. The van der Waals surface area contributed by atoms with Crippen LogP contribution in [-0.4, -0.2) is 59.0 Å². The molecule has 0 N–H and O–H groups in total. The second kappa shape index (κ2) is 9.21. The summed E-state index contributed by atoms with van der Waals surface area (Å²) in [4.78, 5) is 31.7. The van der Waals surface area contributed by atoms with Crippen LogP contribution in [0.2, 0.25) is 0 Å². The number of para-hydroxylation sites is 1. The third kappa shape index (κ3) is 4.14. The number of carbonyl (C=O) groups excluding carboxylic acids is 2. The van der Waals surface area contributed by atoms with Crippen molar-refractivity contribution in [2.45, 2.75) is 45.2 Å². The molecule has 6 nitrogen and oxygen atoms in total. The van der Waals surface area contributed by atoms with Crippen LogP contribution in [0, 0.1) is 5.92 Å². The third-order valence-electron chi connectivity index (χ3n) is 7.14. The Labute approximate surface area is 198 Å². The molecule has 3 heterocycles. The summed E-state index contributed by atoms with van der Waals surface area (Å²) in [6, 6.07) is 12.1. The van der Waals surface area contributed by atoms with E-state index in [-0.39, 0.29) is 23.8 Å². The Morgan fingerprint density at radius 1 is 1.12 bits per heavy atom. The molecule has 1 saturated heterocycles. The molecule has 5 rings (SSSR count). The molecule has 7 heteroatoms. The molecule has 0 spiro atoms. The molecule has 2 amide bonds. The summed E-state index contributed by atoms with van der Waals surface area (Å²) in [6.07, 6.45) is 4.34. The van der Waals surface area contributed by atoms with E-state index in [1.165, 1.54) is 0 Å². The molecule has 174 valence electrons. The van der Waals surface area contributed by atoms with E-state index >= 15 is 0 Å². The number of piperazine rings is 1. The number of ether oxygens (including phenoxy) is 1. The van der Waals surface area contributed by atoms with Crippen molar-refractivity contribution in [2.24, 2.45) is 5.92 Å². The van der Waals surface area contributed by atoms with Crippen LogP contribution >= 0.6 is 11.3 Å². The first-order valence-corrected chi connectivity index (χ1v) is 12.7. The molecule has 2 aliphatic rings. The predicted molar refractivity (Wildman–Crippen MR) is 131 cm³/mol. The molecule has 0 radical (unpaired) electrons. The fraction of sp³-hybridized carbons (Fsp3) is 0.462. The minimum atomic E-state index is 0.0353. The summed E-state index contributed by atoms with van der Waals surface area (Å²) in [6.45, 7) is 4.41. The van der Waals surface area contributed by atoms with Gasteiger partial charge in [0.1, 0.15) is 16.3 Å². The summed E-state index contributed by atoms with van der Waals surface area (Å²) in [5, 5.41) is 3.15. The number of nitrogens with zero attached hydrogens (tertiary/aromatic N) is 3. The highest BCUT2D eigenvalue weighted by Crippen LogP contribution is 2.31. The number of hydrogen-bond donors (Lipinski definition) is 0. The Balaban J connectivity index is 1.37. The number of thiophene rings is 1. The number of carbonyl (C=O) groups is 2. The minimum absolute atomic E-state index is 0.0353. The number of aromatic nitrogens is 1. The van der Waals surface area contributed by atoms with Crippen molar-refractivity contribution in [3.8, 4) is 5.75 Å². The molecular formula is C26H31N3O3S. The zero-order valence-electron chi connectivity index (χ0n) is 19.3. The van der Waals surface area contributed by atoms with Crippen molar-refractivity contribution in [1.82, 2.24) is 14.4 Å². The topological polar surface area (TPSA) is 54.8 Å². The monoisotopic (exact) mass is 465 g/mol. The van der Waals surface area contributed by atoms with Gasteiger partial charge in [0.25, 0.3) is 5.91 Å². The lowest BCUT2D eigenvalue weighted by atomic mass is 10.0. The standard InChI is InChI=1S/C26H31N3O3S/c1-18-16-27(12-13-28(18)24(30)19-7-3-4-8-19)25(31)22-15-20-11-14-33-26(20)29(22)17-21-9-5-6-10-23(21)32-2/h5-6,9-11,14-15,18-19H,3-4,7-8,12-13,16-17H2,1-2H3. The van der Waals surface area contributed by atoms with Gasteiger partial charge in [-0.25, -0.2) is 0 Å². The molecule has 2 aromatic heterocycles. The summed E-state index contributed by atoms with van der Waals surface area (Å²) in [5.41, 5.74) is 1.74. The molecule has 1 aliphatic carbocycles. The van der Waals surface area contributed by atoms with Gasteiger partial charge in [-0.15, -0.1) is 11.3 Å². The molecule has 3 aromatic rings. The first-order chi connectivity index (χ1) is 16.1. The third-order valence-corrected chi connectivity index (χ3v) is 8.10. The van der Waals surface area contributed by atoms with Crippen LogP contribution in [0.3, 0.4) is 0 Å². The highest BCUT2D eigenvalue weighted by molar-refractivity contribution is 7.16. The Hall–Kier alpha value is -2.80. The second-order valence-corrected chi connectivity index (χ2v) is 10.1. The molecule has 33 heavy (non-hydrogen) atoms. The Kier molecular flexibility index (Phi) is 6.15. The Morgan fingerprint density at radius 2 is 1.91 bits per heavy atom. The number of rotatable bonds is 5. The van der Waals surface area contributed by atoms with Crippen LogP contribution in [-0.2, 0) is 11.3 Å². The zero-order chi connectivity index (χ0) is 22.9. The fourth-order valence-electron chi connectivity index (χ4n) is 5.35. The normalized spacial score (nSPS) is 19.4. The van der Waals surface area contributed by atoms with Crippen molar-refractivity contribution >= 4 is 33.4 Å². The number of fused-ring (bicyclic) bond motifs is 1. The minimum Gasteiger partial charge on any atom is -0.496 e. The first kappa shape index (κ1) is 22.0. The fourth-order valence-corrected chi connectivity index (χ4v) is 6.25. The number of benzene rings is 1. The van der Waals surface area contributed by atoms with Crippen LogP contribution in [0.1, 0.15) is 48.7 Å². The van der Waals surface area contributed by atoms with Crippen LogP contribution in [0.5, 0.6) is 5.75 Å². The van der Waals surface area contributed by atoms with Gasteiger partial charge in [-0.05, 0) is 43.3 Å². The average Bonchev–Trinajstić information content (AvgIpc) is 3.58. The first-order valence-electron chi connectivity index (χ1n) is 11.8. The van der Waals surface area contributed by atoms with Gasteiger partial charge in [0.05, 0.1) is 13.7 Å². The maximum Gasteiger partial charge on any atom is 0.270 e. The Morgan fingerprint density at radius 3 is 2.67 bits per heavy atom. The van der Waals surface area contributed by atoms with Crippen LogP contribution in [0.15, 0.2) is 41.8 Å². The van der Waals surface area contributed by atoms with E-state index in [0.29, 0.717) is 31.9 Å².